The van der Waals surface area contributed by atoms with Crippen molar-refractivity contribution in [1.29, 1.82) is 0 Å². The molecule has 0 saturated heterocycles. The van der Waals surface area contributed by atoms with Crippen LogP contribution in [-0.2, 0) is 4.79 Å². The van der Waals surface area contributed by atoms with E-state index in [4.69, 9.17) is 14.2 Å². The second kappa shape index (κ2) is 10.1. The number of fused-ring (bicyclic) bond motifs is 1. The van der Waals surface area contributed by atoms with Gasteiger partial charge in [-0.1, -0.05) is 11.8 Å². The quantitative estimate of drug-likeness (QED) is 0.282. The van der Waals surface area contributed by atoms with Crippen LogP contribution in [0.5, 0.6) is 17.2 Å². The molecule has 9 nitrogen and oxygen atoms in total. The van der Waals surface area contributed by atoms with Gasteiger partial charge in [0.15, 0.2) is 23.4 Å². The average Bonchev–Trinajstić information content (AvgIpc) is 3.35. The second-order valence-corrected chi connectivity index (χ2v) is 8.77. The van der Waals surface area contributed by atoms with Crippen LogP contribution in [0.4, 0.5) is 5.69 Å². The number of anilines is 1. The lowest BCUT2D eigenvalue weighted by molar-refractivity contribution is -0.118. The lowest BCUT2D eigenvalue weighted by Gasteiger charge is -2.18. The molecular weight excluding hydrogens is 480 g/mol. The Morgan fingerprint density at radius 3 is 2.39 bits per heavy atom. The molecule has 36 heavy (non-hydrogen) atoms. The molecule has 1 aliphatic rings. The largest absolute Gasteiger partial charge is 0.497 e. The van der Waals surface area contributed by atoms with Gasteiger partial charge < -0.3 is 19.5 Å². The number of rotatable bonds is 8. The maximum atomic E-state index is 13.0. The third kappa shape index (κ3) is 4.76. The molecule has 4 aromatic rings. The molecule has 5 rings (SSSR count). The van der Waals surface area contributed by atoms with E-state index in [9.17, 15) is 9.59 Å². The number of carbonyl (C=O) groups excluding carboxylic acids is 2. The number of thioether (sulfide) groups is 1. The number of Topliss-reactive ketones (excluding diaryl/α,β-unsaturated/α-hetero) is 1. The van der Waals surface area contributed by atoms with Gasteiger partial charge in [0.25, 0.3) is 5.91 Å². The minimum absolute atomic E-state index is 0.0340. The average molecular weight is 503 g/mol. The first kappa shape index (κ1) is 23.4. The van der Waals surface area contributed by atoms with Crippen molar-refractivity contribution in [2.45, 2.75) is 5.16 Å². The highest BCUT2D eigenvalue weighted by atomic mass is 32.2. The molecule has 1 N–H and O–H groups in total. The number of hydrogen-bond donors (Lipinski definition) is 1. The Bertz CT molecular complexity index is 1420. The molecule has 0 aliphatic carbocycles. The van der Waals surface area contributed by atoms with Gasteiger partial charge in [-0.2, -0.15) is 0 Å². The molecular formula is C26H22N4O5S. The van der Waals surface area contributed by atoms with Crippen LogP contribution in [0.3, 0.4) is 0 Å². The van der Waals surface area contributed by atoms with E-state index < -0.39 is 0 Å². The normalized spacial score (nSPS) is 12.3. The van der Waals surface area contributed by atoms with Crippen molar-refractivity contribution in [3.05, 3.63) is 72.3 Å². The molecule has 2 heterocycles. The van der Waals surface area contributed by atoms with E-state index in [2.05, 4.69) is 15.5 Å². The van der Waals surface area contributed by atoms with Gasteiger partial charge >= 0.3 is 0 Å². The van der Waals surface area contributed by atoms with Crippen LogP contribution < -0.4 is 19.5 Å². The molecule has 182 valence electrons. The van der Waals surface area contributed by atoms with Gasteiger partial charge in [0.2, 0.25) is 0 Å². The summed E-state index contributed by atoms with van der Waals surface area (Å²) in [4.78, 5) is 24.6. The van der Waals surface area contributed by atoms with Crippen molar-refractivity contribution < 1.29 is 23.8 Å². The molecule has 0 fully saturated rings. The molecule has 0 atom stereocenters. The summed E-state index contributed by atoms with van der Waals surface area (Å²) < 4.78 is 17.8. The van der Waals surface area contributed by atoms with Crippen LogP contribution in [0.2, 0.25) is 0 Å². The molecule has 0 unspecified atom stereocenters. The maximum absolute atomic E-state index is 13.0. The molecule has 0 spiro atoms. The number of hydrogen-bond acceptors (Lipinski definition) is 8. The lowest BCUT2D eigenvalue weighted by atomic mass is 10.1. The number of carbonyl (C=O) groups is 2. The second-order valence-electron chi connectivity index (χ2n) is 7.83. The third-order valence-corrected chi connectivity index (χ3v) is 6.51. The summed E-state index contributed by atoms with van der Waals surface area (Å²) >= 11 is 1.28. The fraction of sp³-hybridized carbons (Fsp3) is 0.154. The van der Waals surface area contributed by atoms with E-state index in [0.29, 0.717) is 28.0 Å². The van der Waals surface area contributed by atoms with Crippen LogP contribution in [0.25, 0.3) is 17.1 Å². The van der Waals surface area contributed by atoms with Gasteiger partial charge in [-0.3, -0.25) is 14.2 Å². The highest BCUT2D eigenvalue weighted by Gasteiger charge is 2.20. The standard InChI is InChI=1S/C26H22N4O5S/c1-33-19-8-3-16(4-9-19)25-28-29-26(30(25)18-6-10-20(34-2)11-7-18)36-15-22(31)17-5-12-23-21(13-17)27-24(32)14-35-23/h3-13H,14-15H2,1-2H3,(H,27,32). The summed E-state index contributed by atoms with van der Waals surface area (Å²) in [6.45, 7) is -0.0340. The van der Waals surface area contributed by atoms with Crippen molar-refractivity contribution in [3.8, 4) is 34.3 Å². The number of aromatic nitrogens is 3. The molecule has 1 aromatic heterocycles. The Labute approximate surface area is 211 Å². The third-order valence-electron chi connectivity index (χ3n) is 5.58. The molecule has 10 heteroatoms. The molecule has 1 aliphatic heterocycles. The number of ether oxygens (including phenoxy) is 3. The molecule has 1 amide bonds. The smallest absolute Gasteiger partial charge is 0.262 e. The molecule has 0 radical (unpaired) electrons. The van der Waals surface area contributed by atoms with Crippen molar-refractivity contribution >= 4 is 29.1 Å². The fourth-order valence-corrected chi connectivity index (χ4v) is 4.57. The minimum Gasteiger partial charge on any atom is -0.497 e. The Kier molecular flexibility index (Phi) is 6.59. The van der Waals surface area contributed by atoms with Gasteiger partial charge in [0.05, 0.1) is 25.7 Å². The van der Waals surface area contributed by atoms with Gasteiger partial charge in [0, 0.05) is 16.8 Å². The van der Waals surface area contributed by atoms with Gasteiger partial charge in [-0.05, 0) is 66.7 Å². The fourth-order valence-electron chi connectivity index (χ4n) is 3.72. The van der Waals surface area contributed by atoms with Crippen LogP contribution in [0.15, 0.2) is 71.9 Å². The molecule has 0 bridgehead atoms. The number of benzene rings is 3. The summed E-state index contributed by atoms with van der Waals surface area (Å²) in [5.41, 5.74) is 2.64. The predicted molar refractivity (Wildman–Crippen MR) is 136 cm³/mol. The highest BCUT2D eigenvalue weighted by molar-refractivity contribution is 7.99. The summed E-state index contributed by atoms with van der Waals surface area (Å²) in [6, 6.07) is 20.1. The van der Waals surface area contributed by atoms with E-state index in [0.717, 1.165) is 22.7 Å². The van der Waals surface area contributed by atoms with E-state index in [1.165, 1.54) is 11.8 Å². The number of nitrogens with zero attached hydrogens (tertiary/aromatic N) is 3. The van der Waals surface area contributed by atoms with Crippen molar-refractivity contribution in [2.75, 3.05) is 31.9 Å². The highest BCUT2D eigenvalue weighted by Crippen LogP contribution is 2.32. The summed E-state index contributed by atoms with van der Waals surface area (Å²) in [6.07, 6.45) is 0. The zero-order valence-corrected chi connectivity index (χ0v) is 20.4. The number of ketones is 1. The Balaban J connectivity index is 1.43. The number of methoxy groups -OCH3 is 2. The van der Waals surface area contributed by atoms with Crippen LogP contribution in [0, 0.1) is 0 Å². The Morgan fingerprint density at radius 2 is 1.69 bits per heavy atom. The van der Waals surface area contributed by atoms with E-state index >= 15 is 0 Å². The van der Waals surface area contributed by atoms with Gasteiger partial charge in [-0.15, -0.1) is 10.2 Å². The van der Waals surface area contributed by atoms with E-state index in [-0.39, 0.29) is 24.1 Å². The van der Waals surface area contributed by atoms with Crippen LogP contribution in [-0.4, -0.2) is 53.0 Å². The minimum atomic E-state index is -0.250. The summed E-state index contributed by atoms with van der Waals surface area (Å²) in [5, 5.41) is 12.1. The van der Waals surface area contributed by atoms with Crippen LogP contribution >= 0.6 is 11.8 Å². The van der Waals surface area contributed by atoms with Crippen molar-refractivity contribution in [2.24, 2.45) is 0 Å². The van der Waals surface area contributed by atoms with E-state index in [1.807, 2.05) is 53.1 Å². The van der Waals surface area contributed by atoms with Gasteiger partial charge in [0.1, 0.15) is 17.2 Å². The van der Waals surface area contributed by atoms with Crippen molar-refractivity contribution in [1.82, 2.24) is 14.8 Å². The zero-order chi connectivity index (χ0) is 25.1. The topological polar surface area (TPSA) is 105 Å². The maximum Gasteiger partial charge on any atom is 0.262 e. The first-order chi connectivity index (χ1) is 17.6. The molecule has 0 saturated carbocycles. The SMILES string of the molecule is COc1ccc(-c2nnc(SCC(=O)c3ccc4c(c3)NC(=O)CO4)n2-c2ccc(OC)cc2)cc1. The first-order valence-corrected chi connectivity index (χ1v) is 12.0. The first-order valence-electron chi connectivity index (χ1n) is 11.0. The number of nitrogens with one attached hydrogen (secondary N) is 1. The summed E-state index contributed by atoms with van der Waals surface area (Å²) in [5.74, 6) is 2.41. The zero-order valence-electron chi connectivity index (χ0n) is 19.6. The predicted octanol–water partition coefficient (Wildman–Crippen LogP) is 4.26. The van der Waals surface area contributed by atoms with E-state index in [1.54, 1.807) is 32.4 Å². The van der Waals surface area contributed by atoms with Crippen LogP contribution in [0.1, 0.15) is 10.4 Å². The summed E-state index contributed by atoms with van der Waals surface area (Å²) in [7, 11) is 3.23. The van der Waals surface area contributed by atoms with Crippen molar-refractivity contribution in [3.63, 3.8) is 0 Å². The molecule has 3 aromatic carbocycles. The van der Waals surface area contributed by atoms with Gasteiger partial charge in [-0.25, -0.2) is 0 Å². The lowest BCUT2D eigenvalue weighted by Crippen LogP contribution is -2.25. The Morgan fingerprint density at radius 1 is 1.00 bits per heavy atom. The monoisotopic (exact) mass is 502 g/mol. The Hall–Kier alpha value is -4.31. The number of amides is 1.